The molecule has 0 aromatic heterocycles. The van der Waals surface area contributed by atoms with Crippen LogP contribution < -0.4 is 24.6 Å². The number of amides is 1. The zero-order valence-electron chi connectivity index (χ0n) is 12.4. The fourth-order valence-corrected chi connectivity index (χ4v) is 2.77. The van der Waals surface area contributed by atoms with Crippen molar-refractivity contribution in [2.24, 2.45) is 0 Å². The average Bonchev–Trinajstić information content (AvgIpc) is 2.94. The monoisotopic (exact) mass is 293 g/mol. The van der Waals surface area contributed by atoms with E-state index < -0.39 is 0 Å². The number of ether oxygens (including phenoxy) is 2. The molecule has 0 aliphatic carbocycles. The van der Waals surface area contributed by atoms with Crippen LogP contribution in [0.25, 0.3) is 0 Å². The van der Waals surface area contributed by atoms with E-state index in [1.165, 1.54) is 18.0 Å². The fourth-order valence-electron chi connectivity index (χ4n) is 2.77. The number of quaternary nitrogens is 2. The summed E-state index contributed by atoms with van der Waals surface area (Å²) in [5, 5.41) is 2.93. The van der Waals surface area contributed by atoms with Gasteiger partial charge < -0.3 is 24.6 Å². The van der Waals surface area contributed by atoms with Crippen LogP contribution in [-0.2, 0) is 4.79 Å². The molecule has 0 spiro atoms. The van der Waals surface area contributed by atoms with Crippen LogP contribution >= 0.6 is 0 Å². The van der Waals surface area contributed by atoms with Crippen molar-refractivity contribution in [2.75, 3.05) is 51.9 Å². The van der Waals surface area contributed by atoms with Crippen molar-refractivity contribution >= 4 is 11.6 Å². The van der Waals surface area contributed by atoms with E-state index in [2.05, 4.69) is 12.4 Å². The van der Waals surface area contributed by atoms with E-state index in [1.807, 2.05) is 18.2 Å². The number of hydrogen-bond acceptors (Lipinski definition) is 3. The number of likely N-dealkylation sites (N-methyl/N-ethyl adjacent to an activating group) is 1. The van der Waals surface area contributed by atoms with E-state index in [0.717, 1.165) is 31.1 Å². The molecule has 1 aromatic carbocycles. The first-order valence-electron chi connectivity index (χ1n) is 7.55. The number of carbonyl (C=O) groups is 1. The maximum Gasteiger partial charge on any atom is 0.231 e. The highest BCUT2D eigenvalue weighted by molar-refractivity contribution is 5.91. The van der Waals surface area contributed by atoms with Crippen LogP contribution in [0.15, 0.2) is 18.2 Å². The molecule has 3 rings (SSSR count). The minimum atomic E-state index is 0.0626. The Kier molecular flexibility index (Phi) is 4.26. The second-order valence-corrected chi connectivity index (χ2v) is 5.82. The van der Waals surface area contributed by atoms with Crippen LogP contribution in [-0.4, -0.2) is 52.5 Å². The number of piperazine rings is 1. The molecule has 6 heteroatoms. The van der Waals surface area contributed by atoms with Crippen LogP contribution in [0.2, 0.25) is 0 Å². The van der Waals surface area contributed by atoms with Crippen molar-refractivity contribution in [3.05, 3.63) is 18.2 Å². The van der Waals surface area contributed by atoms with Crippen molar-refractivity contribution in [1.29, 1.82) is 0 Å². The van der Waals surface area contributed by atoms with Crippen LogP contribution in [0.4, 0.5) is 5.69 Å². The summed E-state index contributed by atoms with van der Waals surface area (Å²) in [6.07, 6.45) is 0.558. The zero-order valence-corrected chi connectivity index (χ0v) is 12.4. The van der Waals surface area contributed by atoms with Gasteiger partial charge in [0.1, 0.15) is 26.2 Å². The predicted molar refractivity (Wildman–Crippen MR) is 78.0 cm³/mol. The standard InChI is InChI=1S/C15H21N3O3/c1-17-6-8-18(9-7-17)5-4-15(19)16-12-2-3-13-14(10-12)21-11-20-13/h2-3,10H,4-9,11H2,1H3,(H,16,19)/p+2. The van der Waals surface area contributed by atoms with Crippen LogP contribution in [0.5, 0.6) is 11.5 Å². The van der Waals surface area contributed by atoms with Gasteiger partial charge in [0.05, 0.1) is 20.0 Å². The van der Waals surface area contributed by atoms with Crippen molar-refractivity contribution in [3.8, 4) is 11.5 Å². The largest absolute Gasteiger partial charge is 0.454 e. The third-order valence-corrected chi connectivity index (χ3v) is 4.17. The molecule has 0 saturated carbocycles. The number of carbonyl (C=O) groups excluding carboxylic acids is 1. The number of nitrogens with one attached hydrogen (secondary N) is 3. The molecule has 1 amide bonds. The highest BCUT2D eigenvalue weighted by Crippen LogP contribution is 2.34. The van der Waals surface area contributed by atoms with Crippen LogP contribution in [0.1, 0.15) is 6.42 Å². The molecule has 1 aromatic rings. The average molecular weight is 293 g/mol. The molecule has 6 nitrogen and oxygen atoms in total. The molecular formula is C15H23N3O3+2. The van der Waals surface area contributed by atoms with Gasteiger partial charge >= 0.3 is 0 Å². The highest BCUT2D eigenvalue weighted by Gasteiger charge is 2.20. The summed E-state index contributed by atoms with van der Waals surface area (Å²) in [7, 11) is 2.23. The lowest BCUT2D eigenvalue weighted by atomic mass is 10.2. The Morgan fingerprint density at radius 1 is 1.19 bits per heavy atom. The van der Waals surface area contributed by atoms with Crippen molar-refractivity contribution < 1.29 is 24.1 Å². The third-order valence-electron chi connectivity index (χ3n) is 4.17. The van der Waals surface area contributed by atoms with Gasteiger partial charge in [-0.15, -0.1) is 0 Å². The summed E-state index contributed by atoms with van der Waals surface area (Å²) in [4.78, 5) is 15.1. The van der Waals surface area contributed by atoms with E-state index in [9.17, 15) is 4.79 Å². The smallest absolute Gasteiger partial charge is 0.231 e. The first-order valence-corrected chi connectivity index (χ1v) is 7.55. The van der Waals surface area contributed by atoms with Crippen molar-refractivity contribution in [2.45, 2.75) is 6.42 Å². The number of rotatable bonds is 4. The summed E-state index contributed by atoms with van der Waals surface area (Å²) in [6, 6.07) is 5.48. The Morgan fingerprint density at radius 3 is 2.76 bits per heavy atom. The van der Waals surface area contributed by atoms with Crippen LogP contribution in [0.3, 0.4) is 0 Å². The Labute approximate surface area is 124 Å². The topological polar surface area (TPSA) is 56.4 Å². The third kappa shape index (κ3) is 3.65. The van der Waals surface area contributed by atoms with Crippen LogP contribution in [0, 0.1) is 0 Å². The van der Waals surface area contributed by atoms with E-state index in [4.69, 9.17) is 9.47 Å². The molecule has 2 aliphatic heterocycles. The quantitative estimate of drug-likeness (QED) is 0.611. The lowest BCUT2D eigenvalue weighted by molar-refractivity contribution is -1.00. The van der Waals surface area contributed by atoms with E-state index in [1.54, 1.807) is 4.90 Å². The molecular weight excluding hydrogens is 270 g/mol. The second-order valence-electron chi connectivity index (χ2n) is 5.82. The molecule has 114 valence electrons. The van der Waals surface area contributed by atoms with Crippen molar-refractivity contribution in [3.63, 3.8) is 0 Å². The fraction of sp³-hybridized carbons (Fsp3) is 0.533. The predicted octanol–water partition coefficient (Wildman–Crippen LogP) is -1.84. The maximum absolute atomic E-state index is 12.0. The van der Waals surface area contributed by atoms with E-state index in [0.29, 0.717) is 12.2 Å². The molecule has 3 N–H and O–H groups in total. The molecule has 1 saturated heterocycles. The Hall–Kier alpha value is -1.79. The highest BCUT2D eigenvalue weighted by atomic mass is 16.7. The van der Waals surface area contributed by atoms with Gasteiger partial charge in [0.15, 0.2) is 11.5 Å². The first kappa shape index (κ1) is 14.2. The Balaban J connectivity index is 1.46. The number of benzene rings is 1. The van der Waals surface area contributed by atoms with Gasteiger partial charge in [-0.05, 0) is 12.1 Å². The molecule has 2 heterocycles. The van der Waals surface area contributed by atoms with Gasteiger partial charge in [-0.3, -0.25) is 4.79 Å². The molecule has 0 atom stereocenters. The first-order chi connectivity index (χ1) is 10.2. The number of fused-ring (bicyclic) bond motifs is 1. The van der Waals surface area contributed by atoms with Gasteiger partial charge in [-0.2, -0.15) is 0 Å². The van der Waals surface area contributed by atoms with E-state index >= 15 is 0 Å². The summed E-state index contributed by atoms with van der Waals surface area (Å²) < 4.78 is 10.6. The lowest BCUT2D eigenvalue weighted by Crippen LogP contribution is -3.27. The van der Waals surface area contributed by atoms with Gasteiger partial charge in [-0.25, -0.2) is 0 Å². The number of hydrogen-bond donors (Lipinski definition) is 3. The van der Waals surface area contributed by atoms with Gasteiger partial charge in [-0.1, -0.05) is 0 Å². The second kappa shape index (κ2) is 6.32. The Morgan fingerprint density at radius 2 is 1.95 bits per heavy atom. The molecule has 0 radical (unpaired) electrons. The molecule has 2 aliphatic rings. The Bertz CT molecular complexity index is 513. The van der Waals surface area contributed by atoms with Gasteiger partial charge in [0, 0.05) is 11.8 Å². The lowest BCUT2D eigenvalue weighted by Gasteiger charge is -2.27. The maximum atomic E-state index is 12.0. The SMILES string of the molecule is C[NH+]1CC[NH+](CCC(=O)Nc2ccc3c(c2)OCO3)CC1. The minimum absolute atomic E-state index is 0.0626. The van der Waals surface area contributed by atoms with Gasteiger partial charge in [0.2, 0.25) is 12.7 Å². The molecule has 1 fully saturated rings. The summed E-state index contributed by atoms with van der Waals surface area (Å²) >= 11 is 0. The van der Waals surface area contributed by atoms with Gasteiger partial charge in [0.25, 0.3) is 0 Å². The number of anilines is 1. The summed E-state index contributed by atoms with van der Waals surface area (Å²) in [6.45, 7) is 5.86. The molecule has 0 unspecified atom stereocenters. The molecule has 21 heavy (non-hydrogen) atoms. The normalized spacial score (nSPS) is 23.9. The molecule has 0 bridgehead atoms. The minimum Gasteiger partial charge on any atom is -0.454 e. The van der Waals surface area contributed by atoms with Crippen molar-refractivity contribution in [1.82, 2.24) is 0 Å². The summed E-state index contributed by atoms with van der Waals surface area (Å²) in [5.41, 5.74) is 0.766. The zero-order chi connectivity index (χ0) is 14.7. The van der Waals surface area contributed by atoms with E-state index in [-0.39, 0.29) is 12.7 Å². The summed E-state index contributed by atoms with van der Waals surface area (Å²) in [5.74, 6) is 1.49.